The quantitative estimate of drug-likeness (QED) is 0.421. The first-order valence-electron chi connectivity index (χ1n) is 8.49. The average Bonchev–Trinajstić information content (AvgIpc) is 3.03. The molecule has 1 heterocycles. The van der Waals surface area contributed by atoms with E-state index in [1.165, 1.54) is 6.08 Å². The third kappa shape index (κ3) is 5.60. The summed E-state index contributed by atoms with van der Waals surface area (Å²) in [6.45, 7) is 0.935. The van der Waals surface area contributed by atoms with Gasteiger partial charge in [-0.2, -0.15) is 22.6 Å². The first kappa shape index (κ1) is 22.9. The lowest BCUT2D eigenvalue weighted by Crippen LogP contribution is -2.45. The Bertz CT molecular complexity index is 898. The molecule has 0 saturated carbocycles. The third-order valence-corrected chi connectivity index (χ3v) is 5.90. The molecule has 6 nitrogen and oxygen atoms in total. The maximum atomic E-state index is 13.9. The minimum atomic E-state index is -4.85. The van der Waals surface area contributed by atoms with E-state index >= 15 is 0 Å². The molecule has 0 bridgehead atoms. The molecule has 1 N–H and O–H groups in total. The predicted molar refractivity (Wildman–Crippen MR) is 94.7 cm³/mol. The smallest absolute Gasteiger partial charge is 0.271 e. The summed E-state index contributed by atoms with van der Waals surface area (Å²) in [5.41, 5.74) is 0.275. The van der Waals surface area contributed by atoms with Crippen LogP contribution in [0.1, 0.15) is 19.8 Å². The van der Waals surface area contributed by atoms with Gasteiger partial charge in [0.05, 0.1) is 4.90 Å². The molecular weight excluding hydrogens is 421 g/mol. The summed E-state index contributed by atoms with van der Waals surface area (Å²) in [6.07, 6.45) is -4.96. The van der Waals surface area contributed by atoms with E-state index in [1.807, 2.05) is 0 Å². The van der Waals surface area contributed by atoms with Gasteiger partial charge in [-0.05, 0) is 36.8 Å². The molecule has 1 aromatic rings. The molecule has 0 unspecified atom stereocenters. The van der Waals surface area contributed by atoms with E-state index in [0.29, 0.717) is 16.8 Å². The zero-order valence-electron chi connectivity index (χ0n) is 15.2. The highest BCUT2D eigenvalue weighted by atomic mass is 32.2. The summed E-state index contributed by atoms with van der Waals surface area (Å²) in [4.78, 5) is 11.9. The first-order chi connectivity index (χ1) is 13.5. The van der Waals surface area contributed by atoms with E-state index in [0.717, 1.165) is 24.3 Å². The van der Waals surface area contributed by atoms with Gasteiger partial charge in [-0.3, -0.25) is 4.79 Å². The van der Waals surface area contributed by atoms with Crippen LogP contribution < -0.4 is 5.43 Å². The van der Waals surface area contributed by atoms with E-state index in [2.05, 4.69) is 5.10 Å². The van der Waals surface area contributed by atoms with Gasteiger partial charge in [0, 0.05) is 13.0 Å². The molecule has 0 radical (unpaired) electrons. The SMILES string of the molecule is CC/C=C\C(=N/NC(=O)[C@@H]1C[C@@H](F)CN1S(=O)(=O)c1ccc(F)cc1)C(F)(F)F. The van der Waals surface area contributed by atoms with E-state index in [1.54, 1.807) is 12.3 Å². The van der Waals surface area contributed by atoms with E-state index < -0.39 is 58.8 Å². The molecule has 0 spiro atoms. The minimum Gasteiger partial charge on any atom is -0.271 e. The van der Waals surface area contributed by atoms with Gasteiger partial charge in [0.15, 0.2) is 5.71 Å². The molecule has 12 heteroatoms. The van der Waals surface area contributed by atoms with Crippen molar-refractivity contribution in [2.45, 2.75) is 43.1 Å². The molecule has 1 aromatic carbocycles. The third-order valence-electron chi connectivity index (χ3n) is 4.02. The fraction of sp³-hybridized carbons (Fsp3) is 0.412. The van der Waals surface area contributed by atoms with Crippen LogP contribution >= 0.6 is 0 Å². The molecule has 1 aliphatic heterocycles. The number of hydrogen-bond donors (Lipinski definition) is 1. The Balaban J connectivity index is 2.27. The monoisotopic (exact) mass is 439 g/mol. The van der Waals surface area contributed by atoms with Gasteiger partial charge in [0.25, 0.3) is 5.91 Å². The first-order valence-corrected chi connectivity index (χ1v) is 9.93. The molecule has 0 aliphatic carbocycles. The maximum absolute atomic E-state index is 13.9. The molecule has 1 aliphatic rings. The van der Waals surface area contributed by atoms with Crippen LogP contribution in [0, 0.1) is 5.82 Å². The number of carbonyl (C=O) groups is 1. The van der Waals surface area contributed by atoms with Gasteiger partial charge in [-0.15, -0.1) is 0 Å². The highest BCUT2D eigenvalue weighted by Gasteiger charge is 2.44. The van der Waals surface area contributed by atoms with Crippen molar-refractivity contribution in [1.82, 2.24) is 9.73 Å². The highest BCUT2D eigenvalue weighted by molar-refractivity contribution is 7.89. The molecule has 1 saturated heterocycles. The molecule has 29 heavy (non-hydrogen) atoms. The highest BCUT2D eigenvalue weighted by Crippen LogP contribution is 2.28. The summed E-state index contributed by atoms with van der Waals surface area (Å²) in [7, 11) is -4.38. The molecule has 160 valence electrons. The van der Waals surface area contributed by atoms with Gasteiger partial charge in [-0.25, -0.2) is 22.6 Å². The Morgan fingerprint density at radius 3 is 2.48 bits per heavy atom. The molecule has 1 fully saturated rings. The zero-order valence-corrected chi connectivity index (χ0v) is 16.0. The lowest BCUT2D eigenvalue weighted by Gasteiger charge is -2.22. The zero-order chi connectivity index (χ0) is 21.8. The second-order valence-electron chi connectivity index (χ2n) is 6.16. The number of alkyl halides is 4. The number of nitrogens with one attached hydrogen (secondary N) is 1. The van der Waals surface area contributed by atoms with Crippen LogP contribution in [0.5, 0.6) is 0 Å². The van der Waals surface area contributed by atoms with E-state index in [4.69, 9.17) is 0 Å². The molecular formula is C17H18F5N3O3S. The maximum Gasteiger partial charge on any atom is 0.435 e. The van der Waals surface area contributed by atoms with Crippen LogP contribution in [0.2, 0.25) is 0 Å². The van der Waals surface area contributed by atoms with Crippen LogP contribution in [0.25, 0.3) is 0 Å². The Labute approximate surface area is 164 Å². The fourth-order valence-corrected chi connectivity index (χ4v) is 4.24. The number of amides is 1. The fourth-order valence-electron chi connectivity index (χ4n) is 2.62. The summed E-state index contributed by atoms with van der Waals surface area (Å²) in [6, 6.07) is 2.05. The van der Waals surface area contributed by atoms with Crippen LogP contribution in [-0.4, -0.2) is 49.3 Å². The number of rotatable bonds is 6. The standard InChI is InChI=1S/C17H18F5N3O3S/c1-2-3-4-15(17(20,21)22)23-24-16(26)14-9-12(19)10-25(14)29(27,28)13-7-5-11(18)6-8-13/h3-8,12,14H,2,9-10H2,1H3,(H,24,26)/b4-3-,23-15+/t12-,14+/m1/s1. The predicted octanol–water partition coefficient (Wildman–Crippen LogP) is 2.93. The van der Waals surface area contributed by atoms with Crippen LogP contribution in [-0.2, 0) is 14.8 Å². The lowest BCUT2D eigenvalue weighted by atomic mass is 10.2. The van der Waals surface area contributed by atoms with Gasteiger partial charge < -0.3 is 0 Å². The number of carbonyl (C=O) groups excluding carboxylic acids is 1. The molecule has 2 atom stereocenters. The van der Waals surface area contributed by atoms with E-state index in [-0.39, 0.29) is 4.90 Å². The van der Waals surface area contributed by atoms with Gasteiger partial charge in [-0.1, -0.05) is 13.0 Å². The van der Waals surface area contributed by atoms with Crippen molar-refractivity contribution in [2.24, 2.45) is 5.10 Å². The minimum absolute atomic E-state index is 0.291. The topological polar surface area (TPSA) is 78.8 Å². The summed E-state index contributed by atoms with van der Waals surface area (Å²) >= 11 is 0. The van der Waals surface area contributed by atoms with Crippen molar-refractivity contribution < 1.29 is 35.2 Å². The molecule has 1 amide bonds. The van der Waals surface area contributed by atoms with Gasteiger partial charge in [0.2, 0.25) is 10.0 Å². The average molecular weight is 439 g/mol. The van der Waals surface area contributed by atoms with Crippen LogP contribution in [0.4, 0.5) is 22.0 Å². The summed E-state index contributed by atoms with van der Waals surface area (Å²) < 4.78 is 91.6. The Morgan fingerprint density at radius 1 is 1.31 bits per heavy atom. The number of nitrogens with zero attached hydrogens (tertiary/aromatic N) is 2. The van der Waals surface area contributed by atoms with Crippen molar-refractivity contribution in [3.8, 4) is 0 Å². The number of hydrogen-bond acceptors (Lipinski definition) is 4. The second kappa shape index (κ2) is 8.99. The van der Waals surface area contributed by atoms with Crippen LogP contribution in [0.15, 0.2) is 46.4 Å². The Morgan fingerprint density at radius 2 is 1.93 bits per heavy atom. The van der Waals surface area contributed by atoms with Crippen molar-refractivity contribution in [3.05, 3.63) is 42.2 Å². The van der Waals surface area contributed by atoms with Crippen molar-refractivity contribution in [3.63, 3.8) is 0 Å². The van der Waals surface area contributed by atoms with Crippen molar-refractivity contribution >= 4 is 21.6 Å². The number of halogens is 5. The van der Waals surface area contributed by atoms with Crippen molar-refractivity contribution in [1.29, 1.82) is 0 Å². The number of hydrazone groups is 1. The van der Waals surface area contributed by atoms with Crippen molar-refractivity contribution in [2.75, 3.05) is 6.54 Å². The number of allylic oxidation sites excluding steroid dienone is 2. The summed E-state index contributed by atoms with van der Waals surface area (Å²) in [5, 5.41) is 3.01. The normalized spacial score (nSPS) is 21.7. The Kier molecular flexibility index (Phi) is 7.11. The molecule has 2 rings (SSSR count). The Hall–Kier alpha value is -2.34. The van der Waals surface area contributed by atoms with Gasteiger partial charge in [0.1, 0.15) is 18.0 Å². The lowest BCUT2D eigenvalue weighted by molar-refractivity contribution is -0.124. The molecule has 0 aromatic heterocycles. The number of sulfonamides is 1. The van der Waals surface area contributed by atoms with Gasteiger partial charge >= 0.3 is 6.18 Å². The number of benzene rings is 1. The van der Waals surface area contributed by atoms with Crippen LogP contribution in [0.3, 0.4) is 0 Å². The summed E-state index contributed by atoms with van der Waals surface area (Å²) in [5.74, 6) is -1.90. The van der Waals surface area contributed by atoms with E-state index in [9.17, 15) is 35.2 Å². The largest absolute Gasteiger partial charge is 0.435 e. The second-order valence-corrected chi connectivity index (χ2v) is 8.05.